The van der Waals surface area contributed by atoms with Crippen molar-refractivity contribution in [3.8, 4) is 0 Å². The molecule has 1 fully saturated rings. The number of amides is 1. The number of piperidine rings is 1. The maximum atomic E-state index is 12.1. The van der Waals surface area contributed by atoms with E-state index in [1.54, 1.807) is 0 Å². The first-order valence-corrected chi connectivity index (χ1v) is 6.83. The van der Waals surface area contributed by atoms with E-state index in [2.05, 4.69) is 26.6 Å². The monoisotopic (exact) mass is 327 g/mol. The first-order valence-electron chi connectivity index (χ1n) is 6.03. The smallest absolute Gasteiger partial charge is 0.270 e. The predicted octanol–water partition coefficient (Wildman–Crippen LogP) is 1.84. The number of hydrogen-bond acceptors (Lipinski definition) is 4. The molecule has 1 unspecified atom stereocenters. The number of rotatable bonds is 3. The summed E-state index contributed by atoms with van der Waals surface area (Å²) in [5.74, 6) is -0.213. The molecule has 102 valence electrons. The average molecular weight is 328 g/mol. The van der Waals surface area contributed by atoms with Gasteiger partial charge in [-0.05, 0) is 41.4 Å². The van der Waals surface area contributed by atoms with Gasteiger partial charge in [0.2, 0.25) is 0 Å². The van der Waals surface area contributed by atoms with E-state index in [-0.39, 0.29) is 17.6 Å². The molecule has 0 saturated carbocycles. The van der Waals surface area contributed by atoms with E-state index in [0.717, 1.165) is 25.9 Å². The Morgan fingerprint density at radius 1 is 1.53 bits per heavy atom. The van der Waals surface area contributed by atoms with E-state index in [9.17, 15) is 14.9 Å². The molecule has 0 bridgehead atoms. The zero-order valence-corrected chi connectivity index (χ0v) is 11.8. The predicted molar refractivity (Wildman–Crippen MR) is 74.2 cm³/mol. The Balaban J connectivity index is 2.08. The van der Waals surface area contributed by atoms with Crippen LogP contribution in [0.2, 0.25) is 0 Å². The summed E-state index contributed by atoms with van der Waals surface area (Å²) in [4.78, 5) is 22.2. The van der Waals surface area contributed by atoms with E-state index < -0.39 is 4.92 Å². The van der Waals surface area contributed by atoms with Crippen molar-refractivity contribution in [2.45, 2.75) is 18.9 Å². The van der Waals surface area contributed by atoms with Crippen LogP contribution in [0.4, 0.5) is 5.69 Å². The van der Waals surface area contributed by atoms with Crippen LogP contribution in [-0.2, 0) is 0 Å². The lowest BCUT2D eigenvalue weighted by Crippen LogP contribution is -2.45. The minimum Gasteiger partial charge on any atom is -0.348 e. The Morgan fingerprint density at radius 2 is 2.32 bits per heavy atom. The van der Waals surface area contributed by atoms with Crippen LogP contribution in [-0.4, -0.2) is 30.0 Å². The minimum absolute atomic E-state index is 0.0391. The molecule has 19 heavy (non-hydrogen) atoms. The van der Waals surface area contributed by atoms with Crippen LogP contribution in [0, 0.1) is 10.1 Å². The lowest BCUT2D eigenvalue weighted by atomic mass is 10.1. The summed E-state index contributed by atoms with van der Waals surface area (Å²) in [6, 6.07) is 4.25. The molecule has 1 aliphatic rings. The lowest BCUT2D eigenvalue weighted by molar-refractivity contribution is -0.384. The molecule has 0 spiro atoms. The molecule has 1 aromatic rings. The van der Waals surface area contributed by atoms with Crippen LogP contribution in [0.3, 0.4) is 0 Å². The van der Waals surface area contributed by atoms with Gasteiger partial charge < -0.3 is 10.6 Å². The van der Waals surface area contributed by atoms with Crippen molar-refractivity contribution in [3.05, 3.63) is 38.3 Å². The summed E-state index contributed by atoms with van der Waals surface area (Å²) >= 11 is 3.20. The standard InChI is InChI=1S/C12H14BrN3O3/c13-11-6-9(16(18)19)3-4-10(11)12(17)15-8-2-1-5-14-7-8/h3-4,6,8,14H,1-2,5,7H2,(H,15,17). The fourth-order valence-electron chi connectivity index (χ4n) is 2.04. The highest BCUT2D eigenvalue weighted by atomic mass is 79.9. The summed E-state index contributed by atoms with van der Waals surface area (Å²) in [7, 11) is 0. The molecule has 1 aromatic carbocycles. The zero-order valence-electron chi connectivity index (χ0n) is 10.2. The number of carbonyl (C=O) groups excluding carboxylic acids is 1. The molecule has 0 aromatic heterocycles. The van der Waals surface area contributed by atoms with Crippen molar-refractivity contribution in [2.24, 2.45) is 0 Å². The molecule has 1 atom stereocenters. The number of nitro groups is 1. The van der Waals surface area contributed by atoms with Crippen molar-refractivity contribution in [3.63, 3.8) is 0 Å². The SMILES string of the molecule is O=C(NC1CCCNC1)c1ccc([N+](=O)[O-])cc1Br. The third-order valence-electron chi connectivity index (χ3n) is 3.04. The van der Waals surface area contributed by atoms with Crippen LogP contribution < -0.4 is 10.6 Å². The summed E-state index contributed by atoms with van der Waals surface area (Å²) < 4.78 is 0.433. The summed E-state index contributed by atoms with van der Waals surface area (Å²) in [6.45, 7) is 1.74. The number of nitrogens with zero attached hydrogens (tertiary/aromatic N) is 1. The van der Waals surface area contributed by atoms with Crippen molar-refractivity contribution in [1.29, 1.82) is 0 Å². The molecule has 0 aliphatic carbocycles. The van der Waals surface area contributed by atoms with Gasteiger partial charge in [-0.15, -0.1) is 0 Å². The van der Waals surface area contributed by atoms with E-state index in [1.165, 1.54) is 18.2 Å². The first kappa shape index (κ1) is 14.0. The topological polar surface area (TPSA) is 84.3 Å². The van der Waals surface area contributed by atoms with E-state index >= 15 is 0 Å². The second kappa shape index (κ2) is 6.12. The van der Waals surface area contributed by atoms with Crippen LogP contribution in [0.5, 0.6) is 0 Å². The molecule has 2 N–H and O–H groups in total. The van der Waals surface area contributed by atoms with Crippen molar-refractivity contribution in [1.82, 2.24) is 10.6 Å². The van der Waals surface area contributed by atoms with Gasteiger partial charge in [0.15, 0.2) is 0 Å². The molecule has 1 aliphatic heterocycles. The Labute approximate surface area is 118 Å². The summed E-state index contributed by atoms with van der Waals surface area (Å²) in [5, 5.41) is 16.8. The molecular weight excluding hydrogens is 314 g/mol. The normalized spacial score (nSPS) is 18.9. The average Bonchev–Trinajstić information content (AvgIpc) is 2.39. The number of hydrogen-bond donors (Lipinski definition) is 2. The van der Waals surface area contributed by atoms with Gasteiger partial charge in [-0.1, -0.05) is 0 Å². The Bertz CT molecular complexity index is 501. The van der Waals surface area contributed by atoms with Gasteiger partial charge in [0.1, 0.15) is 0 Å². The van der Waals surface area contributed by atoms with Crippen LogP contribution in [0.15, 0.2) is 22.7 Å². The highest BCUT2D eigenvalue weighted by Crippen LogP contribution is 2.23. The third-order valence-corrected chi connectivity index (χ3v) is 3.70. The van der Waals surface area contributed by atoms with Gasteiger partial charge in [-0.2, -0.15) is 0 Å². The Kier molecular flexibility index (Phi) is 4.49. The number of benzene rings is 1. The highest BCUT2D eigenvalue weighted by molar-refractivity contribution is 9.10. The van der Waals surface area contributed by atoms with Crippen molar-refractivity contribution >= 4 is 27.5 Å². The number of nitro benzene ring substituents is 1. The summed E-state index contributed by atoms with van der Waals surface area (Å²) in [5.41, 5.74) is 0.374. The van der Waals surface area contributed by atoms with Gasteiger partial charge in [-0.3, -0.25) is 14.9 Å². The second-order valence-electron chi connectivity index (χ2n) is 4.44. The van der Waals surface area contributed by atoms with Crippen molar-refractivity contribution in [2.75, 3.05) is 13.1 Å². The van der Waals surface area contributed by atoms with Crippen molar-refractivity contribution < 1.29 is 9.72 Å². The molecule has 7 heteroatoms. The maximum absolute atomic E-state index is 12.1. The van der Waals surface area contributed by atoms with E-state index in [0.29, 0.717) is 10.0 Å². The van der Waals surface area contributed by atoms with Gasteiger partial charge in [-0.25, -0.2) is 0 Å². The quantitative estimate of drug-likeness (QED) is 0.655. The van der Waals surface area contributed by atoms with Crippen LogP contribution in [0.1, 0.15) is 23.2 Å². The Morgan fingerprint density at radius 3 is 2.89 bits per heavy atom. The molecule has 1 saturated heterocycles. The van der Waals surface area contributed by atoms with Gasteiger partial charge in [0.25, 0.3) is 11.6 Å². The fraction of sp³-hybridized carbons (Fsp3) is 0.417. The first-order chi connectivity index (χ1) is 9.08. The largest absolute Gasteiger partial charge is 0.348 e. The highest BCUT2D eigenvalue weighted by Gasteiger charge is 2.19. The van der Waals surface area contributed by atoms with Crippen LogP contribution in [0.25, 0.3) is 0 Å². The lowest BCUT2D eigenvalue weighted by Gasteiger charge is -2.23. The zero-order chi connectivity index (χ0) is 13.8. The molecule has 1 heterocycles. The molecule has 2 rings (SSSR count). The number of carbonyl (C=O) groups is 1. The number of nitrogens with one attached hydrogen (secondary N) is 2. The van der Waals surface area contributed by atoms with Gasteiger partial charge >= 0.3 is 0 Å². The third kappa shape index (κ3) is 3.51. The molecule has 0 radical (unpaired) electrons. The fourth-order valence-corrected chi connectivity index (χ4v) is 2.59. The summed E-state index contributed by atoms with van der Waals surface area (Å²) in [6.07, 6.45) is 1.98. The minimum atomic E-state index is -0.489. The van der Waals surface area contributed by atoms with Gasteiger partial charge in [0.05, 0.1) is 10.5 Å². The second-order valence-corrected chi connectivity index (χ2v) is 5.29. The Hall–Kier alpha value is -1.47. The number of halogens is 1. The van der Waals surface area contributed by atoms with Gasteiger partial charge in [0, 0.05) is 29.2 Å². The van der Waals surface area contributed by atoms with Crippen LogP contribution >= 0.6 is 15.9 Å². The van der Waals surface area contributed by atoms with E-state index in [1.807, 2.05) is 0 Å². The van der Waals surface area contributed by atoms with E-state index in [4.69, 9.17) is 0 Å². The molecule has 6 nitrogen and oxygen atoms in total. The molecule has 1 amide bonds. The molecular formula is C12H14BrN3O3. The maximum Gasteiger partial charge on any atom is 0.270 e. The number of non-ortho nitro benzene ring substituents is 1.